The van der Waals surface area contributed by atoms with Crippen LogP contribution in [-0.4, -0.2) is 43.8 Å². The van der Waals surface area contributed by atoms with Crippen LogP contribution in [0, 0.1) is 0 Å². The van der Waals surface area contributed by atoms with Gasteiger partial charge in [-0.05, 0) is 60.5 Å². The molecule has 0 saturated carbocycles. The fourth-order valence-corrected chi connectivity index (χ4v) is 7.62. The SMILES string of the molecule is CC[C@@H](C)NC(=O)[C@@H](Cc1ccccc1)N(Cc1ccc(Cl)c(Cl)c1)C(=O)CCCN1c2cccc3cccc(c23)S1(=O)=O. The third-order valence-electron chi connectivity index (χ3n) is 8.04. The maximum Gasteiger partial charge on any atom is 0.265 e. The highest BCUT2D eigenvalue weighted by atomic mass is 35.5. The molecule has 0 saturated heterocycles. The Balaban J connectivity index is 1.41. The van der Waals surface area contributed by atoms with Gasteiger partial charge in [0.05, 0.1) is 20.6 Å². The van der Waals surface area contributed by atoms with Gasteiger partial charge in [-0.1, -0.05) is 90.8 Å². The summed E-state index contributed by atoms with van der Waals surface area (Å²) >= 11 is 12.5. The van der Waals surface area contributed by atoms with E-state index in [2.05, 4.69) is 5.32 Å². The largest absolute Gasteiger partial charge is 0.352 e. The van der Waals surface area contributed by atoms with Crippen LogP contribution in [0.5, 0.6) is 0 Å². The molecule has 1 aliphatic heterocycles. The van der Waals surface area contributed by atoms with E-state index in [0.717, 1.165) is 22.9 Å². The topological polar surface area (TPSA) is 86.8 Å². The molecule has 2 amide bonds. The molecular weight excluding hydrogens is 617 g/mol. The van der Waals surface area contributed by atoms with Gasteiger partial charge in [-0.3, -0.25) is 13.9 Å². The van der Waals surface area contributed by atoms with Crippen molar-refractivity contribution in [3.63, 3.8) is 0 Å². The lowest BCUT2D eigenvalue weighted by Gasteiger charge is -2.32. The molecule has 1 heterocycles. The zero-order valence-electron chi connectivity index (χ0n) is 24.7. The van der Waals surface area contributed by atoms with Crippen LogP contribution in [-0.2, 0) is 32.6 Å². The number of halogens is 2. The van der Waals surface area contributed by atoms with Gasteiger partial charge in [-0.2, -0.15) is 0 Å². The summed E-state index contributed by atoms with van der Waals surface area (Å²) in [4.78, 5) is 29.7. The molecule has 0 fully saturated rings. The summed E-state index contributed by atoms with van der Waals surface area (Å²) in [6.07, 6.45) is 1.37. The van der Waals surface area contributed by atoms with E-state index in [1.165, 1.54) is 4.31 Å². The highest BCUT2D eigenvalue weighted by Crippen LogP contribution is 2.42. The Kier molecular flexibility index (Phi) is 9.83. The van der Waals surface area contributed by atoms with Crippen LogP contribution in [0.15, 0.2) is 89.8 Å². The summed E-state index contributed by atoms with van der Waals surface area (Å²) < 4.78 is 28.3. The van der Waals surface area contributed by atoms with E-state index in [1.54, 1.807) is 41.3 Å². The van der Waals surface area contributed by atoms with E-state index in [0.29, 0.717) is 27.5 Å². The molecule has 7 nitrogen and oxygen atoms in total. The number of anilines is 1. The molecule has 0 bridgehead atoms. The van der Waals surface area contributed by atoms with Crippen LogP contribution >= 0.6 is 23.2 Å². The first-order valence-electron chi connectivity index (χ1n) is 14.7. The maximum atomic E-state index is 14.1. The molecule has 0 radical (unpaired) electrons. The van der Waals surface area contributed by atoms with Gasteiger partial charge in [-0.25, -0.2) is 8.42 Å². The lowest BCUT2D eigenvalue weighted by atomic mass is 10.0. The van der Waals surface area contributed by atoms with Gasteiger partial charge in [0.2, 0.25) is 11.8 Å². The number of nitrogens with one attached hydrogen (secondary N) is 1. The second-order valence-corrected chi connectivity index (χ2v) is 13.8. The first-order valence-corrected chi connectivity index (χ1v) is 16.9. The number of rotatable bonds is 12. The molecule has 44 heavy (non-hydrogen) atoms. The predicted octanol–water partition coefficient (Wildman–Crippen LogP) is 6.99. The Bertz CT molecular complexity index is 1780. The molecule has 230 valence electrons. The molecule has 5 rings (SSSR count). The number of carbonyl (C=O) groups excluding carboxylic acids is 2. The maximum absolute atomic E-state index is 14.1. The van der Waals surface area contributed by atoms with Crippen LogP contribution in [0.3, 0.4) is 0 Å². The second-order valence-electron chi connectivity index (χ2n) is 11.1. The predicted molar refractivity (Wildman–Crippen MR) is 177 cm³/mol. The minimum Gasteiger partial charge on any atom is -0.352 e. The second kappa shape index (κ2) is 13.6. The van der Waals surface area contributed by atoms with Crippen molar-refractivity contribution in [2.24, 2.45) is 0 Å². The molecule has 4 aromatic carbocycles. The van der Waals surface area contributed by atoms with Crippen molar-refractivity contribution in [1.29, 1.82) is 0 Å². The van der Waals surface area contributed by atoms with Crippen LogP contribution in [0.4, 0.5) is 5.69 Å². The standard InChI is InChI=1S/C34H35Cl2N3O4S/c1-3-23(2)37-34(41)30(21-24-10-5-4-6-11-24)38(22-25-17-18-27(35)28(36)20-25)32(40)16-9-19-39-29-14-7-12-26-13-8-15-31(33(26)29)44(39,42)43/h4-8,10-15,17-18,20,23,30H,3,9,16,19,21-22H2,1-2H3,(H,37,41)/t23-,30-/m1/s1. The van der Waals surface area contributed by atoms with E-state index < -0.39 is 16.1 Å². The van der Waals surface area contributed by atoms with Crippen molar-refractivity contribution < 1.29 is 18.0 Å². The van der Waals surface area contributed by atoms with Gasteiger partial charge >= 0.3 is 0 Å². The molecular formula is C34H35Cl2N3O4S. The first-order chi connectivity index (χ1) is 21.1. The highest BCUT2D eigenvalue weighted by molar-refractivity contribution is 7.93. The van der Waals surface area contributed by atoms with Gasteiger partial charge < -0.3 is 10.2 Å². The summed E-state index contributed by atoms with van der Waals surface area (Å²) in [5, 5.41) is 5.36. The van der Waals surface area contributed by atoms with Gasteiger partial charge in [-0.15, -0.1) is 0 Å². The average Bonchev–Trinajstić information content (AvgIpc) is 3.24. The summed E-state index contributed by atoms with van der Waals surface area (Å²) in [7, 11) is -3.74. The van der Waals surface area contributed by atoms with E-state index in [1.807, 2.05) is 62.4 Å². The lowest BCUT2D eigenvalue weighted by Crippen LogP contribution is -2.52. The third-order valence-corrected chi connectivity index (χ3v) is 10.6. The minimum atomic E-state index is -3.74. The Morgan fingerprint density at radius 2 is 1.64 bits per heavy atom. The highest BCUT2D eigenvalue weighted by Gasteiger charge is 2.36. The quantitative estimate of drug-likeness (QED) is 0.179. The number of hydrogen-bond donors (Lipinski definition) is 1. The zero-order valence-corrected chi connectivity index (χ0v) is 27.0. The van der Waals surface area contributed by atoms with E-state index in [4.69, 9.17) is 23.2 Å². The molecule has 0 unspecified atom stereocenters. The van der Waals surface area contributed by atoms with Gasteiger partial charge in [0.15, 0.2) is 0 Å². The summed E-state index contributed by atoms with van der Waals surface area (Å²) in [5.74, 6) is -0.510. The smallest absolute Gasteiger partial charge is 0.265 e. The summed E-state index contributed by atoms with van der Waals surface area (Å²) in [5.41, 5.74) is 2.26. The van der Waals surface area contributed by atoms with Crippen LogP contribution in [0.1, 0.15) is 44.2 Å². The van der Waals surface area contributed by atoms with Gasteiger partial charge in [0.1, 0.15) is 6.04 Å². The fourth-order valence-electron chi connectivity index (χ4n) is 5.55. The Morgan fingerprint density at radius 3 is 2.34 bits per heavy atom. The van der Waals surface area contributed by atoms with Crippen LogP contribution < -0.4 is 9.62 Å². The number of nitrogens with zero attached hydrogens (tertiary/aromatic N) is 2. The molecule has 0 aromatic heterocycles. The fraction of sp³-hybridized carbons (Fsp3) is 0.294. The Hall–Kier alpha value is -3.59. The summed E-state index contributed by atoms with van der Waals surface area (Å²) in [6.45, 7) is 4.18. The number of amides is 2. The molecule has 2 atom stereocenters. The van der Waals surface area contributed by atoms with Crippen molar-refractivity contribution in [2.45, 2.75) is 63.1 Å². The number of benzene rings is 4. The van der Waals surface area contributed by atoms with E-state index in [-0.39, 0.29) is 48.7 Å². The van der Waals surface area contributed by atoms with Gasteiger partial charge in [0.25, 0.3) is 10.0 Å². The number of hydrogen-bond acceptors (Lipinski definition) is 4. The van der Waals surface area contributed by atoms with Crippen molar-refractivity contribution >= 4 is 61.5 Å². The third kappa shape index (κ3) is 6.72. The van der Waals surface area contributed by atoms with Gasteiger partial charge in [0, 0.05) is 37.4 Å². The number of sulfonamides is 1. The minimum absolute atomic E-state index is 0.0432. The normalized spacial score (nSPS) is 14.8. The number of carbonyl (C=O) groups is 2. The molecule has 0 aliphatic carbocycles. The molecule has 10 heteroatoms. The lowest BCUT2D eigenvalue weighted by molar-refractivity contribution is -0.141. The Morgan fingerprint density at radius 1 is 0.909 bits per heavy atom. The molecule has 0 spiro atoms. The van der Waals surface area contributed by atoms with Crippen molar-refractivity contribution in [3.05, 3.63) is 106 Å². The Labute approximate surface area is 268 Å². The van der Waals surface area contributed by atoms with E-state index in [9.17, 15) is 18.0 Å². The van der Waals surface area contributed by atoms with Crippen LogP contribution in [0.2, 0.25) is 10.0 Å². The molecule has 1 N–H and O–H groups in total. The average molecular weight is 653 g/mol. The molecule has 4 aromatic rings. The summed E-state index contributed by atoms with van der Waals surface area (Å²) in [6, 6.07) is 24.6. The first kappa shape index (κ1) is 31.8. The van der Waals surface area contributed by atoms with Crippen molar-refractivity contribution in [3.8, 4) is 0 Å². The van der Waals surface area contributed by atoms with E-state index >= 15 is 0 Å². The van der Waals surface area contributed by atoms with Crippen LogP contribution in [0.25, 0.3) is 10.8 Å². The monoisotopic (exact) mass is 651 g/mol. The molecule has 1 aliphatic rings. The zero-order chi connectivity index (χ0) is 31.4. The van der Waals surface area contributed by atoms with Crippen molar-refractivity contribution in [2.75, 3.05) is 10.8 Å². The van der Waals surface area contributed by atoms with Crippen molar-refractivity contribution in [1.82, 2.24) is 10.2 Å².